The molecule has 0 saturated heterocycles. The molecule has 0 unspecified atom stereocenters. The summed E-state index contributed by atoms with van der Waals surface area (Å²) in [7, 11) is -0.751. The van der Waals surface area contributed by atoms with Crippen LogP contribution in [0.15, 0.2) is 41.3 Å². The molecule has 0 aliphatic carbocycles. The summed E-state index contributed by atoms with van der Waals surface area (Å²) in [5, 5.41) is 2.95. The number of carbonyl (C=O) groups excluding carboxylic acids is 1. The van der Waals surface area contributed by atoms with E-state index in [0.717, 1.165) is 16.9 Å². The smallest absolute Gasteiger partial charge is 0.252 e. The summed E-state index contributed by atoms with van der Waals surface area (Å²) in [4.78, 5) is 12.4. The Morgan fingerprint density at radius 3 is 2.58 bits per heavy atom. The highest BCUT2D eigenvalue weighted by Crippen LogP contribution is 2.21. The first-order valence-corrected chi connectivity index (χ1v) is 9.79. The minimum atomic E-state index is -3.65. The summed E-state index contributed by atoms with van der Waals surface area (Å²) >= 11 is 6.05. The third kappa shape index (κ3) is 4.75. The standard InChI is InChI=1S/C18H21ClN2O4S/c1-12-4-7-17(25-3)13(10-12)8-9-21-18(22)15-11-14(5-6-16(15)19)26(23,24)20-2/h4-7,10-11,20H,8-9H2,1-3H3,(H,21,22). The van der Waals surface area contributed by atoms with Gasteiger partial charge in [0.25, 0.3) is 5.91 Å². The number of hydrogen-bond donors (Lipinski definition) is 2. The molecular formula is C18H21ClN2O4S. The summed E-state index contributed by atoms with van der Waals surface area (Å²) in [5.74, 6) is 0.319. The Balaban J connectivity index is 2.11. The van der Waals surface area contributed by atoms with Gasteiger partial charge in [0.05, 0.1) is 22.6 Å². The van der Waals surface area contributed by atoms with E-state index >= 15 is 0 Å². The van der Waals surface area contributed by atoms with E-state index in [0.29, 0.717) is 13.0 Å². The van der Waals surface area contributed by atoms with Crippen molar-refractivity contribution in [3.05, 3.63) is 58.1 Å². The Bertz CT molecular complexity index is 913. The molecule has 0 fully saturated rings. The maximum atomic E-state index is 12.4. The van der Waals surface area contributed by atoms with Gasteiger partial charge in [-0.2, -0.15) is 0 Å². The van der Waals surface area contributed by atoms with Crippen LogP contribution in [0.1, 0.15) is 21.5 Å². The predicted octanol–water partition coefficient (Wildman–Crippen LogP) is 2.54. The van der Waals surface area contributed by atoms with Gasteiger partial charge in [0.15, 0.2) is 0 Å². The SMILES string of the molecule is CNS(=O)(=O)c1ccc(Cl)c(C(=O)NCCc2cc(C)ccc2OC)c1. The van der Waals surface area contributed by atoms with Crippen LogP contribution in [-0.4, -0.2) is 35.0 Å². The van der Waals surface area contributed by atoms with Crippen LogP contribution in [0.2, 0.25) is 5.02 Å². The van der Waals surface area contributed by atoms with E-state index in [4.69, 9.17) is 16.3 Å². The molecule has 0 radical (unpaired) electrons. The molecule has 2 N–H and O–H groups in total. The molecule has 140 valence electrons. The Hall–Kier alpha value is -2.09. The summed E-state index contributed by atoms with van der Waals surface area (Å²) < 4.78 is 31.3. The van der Waals surface area contributed by atoms with Crippen LogP contribution in [0, 0.1) is 6.92 Å². The second kappa shape index (κ2) is 8.53. The van der Waals surface area contributed by atoms with Gasteiger partial charge in [-0.1, -0.05) is 29.3 Å². The second-order valence-electron chi connectivity index (χ2n) is 5.67. The number of hydrogen-bond acceptors (Lipinski definition) is 4. The zero-order valence-corrected chi connectivity index (χ0v) is 16.4. The summed E-state index contributed by atoms with van der Waals surface area (Å²) in [6.07, 6.45) is 0.572. The molecule has 2 rings (SSSR count). The molecule has 1 amide bonds. The maximum absolute atomic E-state index is 12.4. The van der Waals surface area contributed by atoms with Crippen molar-refractivity contribution >= 4 is 27.5 Å². The zero-order valence-electron chi connectivity index (χ0n) is 14.8. The van der Waals surface area contributed by atoms with Crippen molar-refractivity contribution in [2.24, 2.45) is 0 Å². The van der Waals surface area contributed by atoms with Crippen LogP contribution in [-0.2, 0) is 16.4 Å². The number of aryl methyl sites for hydroxylation is 1. The van der Waals surface area contributed by atoms with Crippen LogP contribution in [0.25, 0.3) is 0 Å². The van der Waals surface area contributed by atoms with Crippen molar-refractivity contribution in [1.82, 2.24) is 10.0 Å². The number of amides is 1. The van der Waals surface area contributed by atoms with Gasteiger partial charge in [-0.15, -0.1) is 0 Å². The van der Waals surface area contributed by atoms with E-state index in [1.165, 1.54) is 25.2 Å². The predicted molar refractivity (Wildman–Crippen MR) is 101 cm³/mol. The molecular weight excluding hydrogens is 376 g/mol. The molecule has 2 aromatic carbocycles. The van der Waals surface area contributed by atoms with Crippen molar-refractivity contribution in [3.63, 3.8) is 0 Å². The first-order valence-electron chi connectivity index (χ1n) is 7.93. The third-order valence-corrected chi connectivity index (χ3v) is 5.62. The number of methoxy groups -OCH3 is 1. The summed E-state index contributed by atoms with van der Waals surface area (Å²) in [5.41, 5.74) is 2.18. The van der Waals surface area contributed by atoms with Crippen molar-refractivity contribution in [3.8, 4) is 5.75 Å². The highest BCUT2D eigenvalue weighted by Gasteiger charge is 2.17. The molecule has 26 heavy (non-hydrogen) atoms. The van der Waals surface area contributed by atoms with Gasteiger partial charge in [-0.3, -0.25) is 4.79 Å². The Kier molecular flexibility index (Phi) is 6.63. The normalized spacial score (nSPS) is 11.2. The number of rotatable bonds is 7. The van der Waals surface area contributed by atoms with Crippen LogP contribution in [0.3, 0.4) is 0 Å². The van der Waals surface area contributed by atoms with Gasteiger partial charge in [-0.05, 0) is 50.2 Å². The number of nitrogens with one attached hydrogen (secondary N) is 2. The van der Waals surface area contributed by atoms with Crippen LogP contribution < -0.4 is 14.8 Å². The van der Waals surface area contributed by atoms with Gasteiger partial charge < -0.3 is 10.1 Å². The van der Waals surface area contributed by atoms with Gasteiger partial charge in [0.1, 0.15) is 5.75 Å². The lowest BCUT2D eigenvalue weighted by Crippen LogP contribution is -2.27. The van der Waals surface area contributed by atoms with E-state index in [1.54, 1.807) is 7.11 Å². The van der Waals surface area contributed by atoms with E-state index in [9.17, 15) is 13.2 Å². The fourth-order valence-electron chi connectivity index (χ4n) is 2.47. The van der Waals surface area contributed by atoms with Crippen molar-refractivity contribution < 1.29 is 17.9 Å². The summed E-state index contributed by atoms with van der Waals surface area (Å²) in [6, 6.07) is 9.84. The monoisotopic (exact) mass is 396 g/mol. The molecule has 8 heteroatoms. The zero-order chi connectivity index (χ0) is 19.3. The maximum Gasteiger partial charge on any atom is 0.252 e. The van der Waals surface area contributed by atoms with Gasteiger partial charge in [0.2, 0.25) is 10.0 Å². The Morgan fingerprint density at radius 1 is 1.19 bits per heavy atom. The first kappa shape index (κ1) is 20.2. The van der Waals surface area contributed by atoms with E-state index in [1.807, 2.05) is 25.1 Å². The Labute approximate surface area is 158 Å². The molecule has 6 nitrogen and oxygen atoms in total. The quantitative estimate of drug-likeness (QED) is 0.753. The molecule has 0 aliphatic rings. The highest BCUT2D eigenvalue weighted by molar-refractivity contribution is 7.89. The van der Waals surface area contributed by atoms with Crippen LogP contribution in [0.4, 0.5) is 0 Å². The van der Waals surface area contributed by atoms with E-state index in [2.05, 4.69) is 10.0 Å². The lowest BCUT2D eigenvalue weighted by Gasteiger charge is -2.11. The Morgan fingerprint density at radius 2 is 1.92 bits per heavy atom. The fourth-order valence-corrected chi connectivity index (χ4v) is 3.43. The van der Waals surface area contributed by atoms with Gasteiger partial charge >= 0.3 is 0 Å². The average Bonchev–Trinajstić information content (AvgIpc) is 2.62. The van der Waals surface area contributed by atoms with Gasteiger partial charge in [-0.25, -0.2) is 13.1 Å². The van der Waals surface area contributed by atoms with E-state index in [-0.39, 0.29) is 15.5 Å². The highest BCUT2D eigenvalue weighted by atomic mass is 35.5. The lowest BCUT2D eigenvalue weighted by atomic mass is 10.1. The first-order chi connectivity index (χ1) is 12.3. The minimum absolute atomic E-state index is 0.0186. The number of benzene rings is 2. The number of carbonyl (C=O) groups is 1. The molecule has 0 aromatic heterocycles. The molecule has 0 saturated carbocycles. The van der Waals surface area contributed by atoms with Crippen molar-refractivity contribution in [1.29, 1.82) is 0 Å². The lowest BCUT2D eigenvalue weighted by molar-refractivity contribution is 0.0954. The summed E-state index contributed by atoms with van der Waals surface area (Å²) in [6.45, 7) is 2.34. The second-order valence-corrected chi connectivity index (χ2v) is 7.96. The van der Waals surface area contributed by atoms with Crippen LogP contribution in [0.5, 0.6) is 5.75 Å². The van der Waals surface area contributed by atoms with Crippen molar-refractivity contribution in [2.45, 2.75) is 18.2 Å². The molecule has 0 spiro atoms. The fraction of sp³-hybridized carbons (Fsp3) is 0.278. The van der Waals surface area contributed by atoms with Gasteiger partial charge in [0, 0.05) is 6.54 Å². The number of ether oxygens (including phenoxy) is 1. The van der Waals surface area contributed by atoms with Crippen LogP contribution >= 0.6 is 11.6 Å². The third-order valence-electron chi connectivity index (χ3n) is 3.88. The number of halogens is 1. The molecule has 0 heterocycles. The van der Waals surface area contributed by atoms with Crippen molar-refractivity contribution in [2.75, 3.05) is 20.7 Å². The molecule has 0 bridgehead atoms. The average molecular weight is 397 g/mol. The number of sulfonamides is 1. The molecule has 0 atom stereocenters. The molecule has 2 aromatic rings. The topological polar surface area (TPSA) is 84.5 Å². The molecule has 0 aliphatic heterocycles. The largest absolute Gasteiger partial charge is 0.496 e. The minimum Gasteiger partial charge on any atom is -0.496 e. The van der Waals surface area contributed by atoms with E-state index < -0.39 is 15.9 Å².